The summed E-state index contributed by atoms with van der Waals surface area (Å²) in [5, 5.41) is 6.48. The van der Waals surface area contributed by atoms with Crippen LogP contribution >= 0.6 is 0 Å². The van der Waals surface area contributed by atoms with E-state index in [1.807, 2.05) is 24.3 Å². The van der Waals surface area contributed by atoms with Gasteiger partial charge in [-0.05, 0) is 30.0 Å². The van der Waals surface area contributed by atoms with Gasteiger partial charge in [0.15, 0.2) is 6.61 Å². The molecule has 0 aromatic heterocycles. The molecule has 6 nitrogen and oxygen atoms in total. The van der Waals surface area contributed by atoms with Crippen LogP contribution in [-0.4, -0.2) is 25.5 Å². The van der Waals surface area contributed by atoms with Gasteiger partial charge in [-0.2, -0.15) is 0 Å². The quantitative estimate of drug-likeness (QED) is 0.415. The molecule has 0 aliphatic heterocycles. The minimum absolute atomic E-state index is 0.140. The molecule has 1 aromatic rings. The number of nitrogens with one attached hydrogen (secondary N) is 1. The maximum atomic E-state index is 11.6. The third-order valence-electron chi connectivity index (χ3n) is 3.00. The van der Waals surface area contributed by atoms with Crippen molar-refractivity contribution in [1.82, 2.24) is 5.32 Å². The molecule has 0 unspecified atom stereocenters. The summed E-state index contributed by atoms with van der Waals surface area (Å²) < 4.78 is 5.07. The molecule has 0 radical (unpaired) electrons. The average molecular weight is 307 g/mol. The van der Waals surface area contributed by atoms with Gasteiger partial charge in [0.2, 0.25) is 0 Å². The summed E-state index contributed by atoms with van der Waals surface area (Å²) in [6.45, 7) is 4.51. The van der Waals surface area contributed by atoms with Crippen molar-refractivity contribution in [3.63, 3.8) is 0 Å². The zero-order chi connectivity index (χ0) is 16.4. The van der Waals surface area contributed by atoms with E-state index in [2.05, 4.69) is 24.3 Å². The number of benzene rings is 1. The fourth-order valence-electron chi connectivity index (χ4n) is 1.65. The van der Waals surface area contributed by atoms with Crippen molar-refractivity contribution >= 4 is 11.7 Å². The van der Waals surface area contributed by atoms with Gasteiger partial charge in [-0.3, -0.25) is 4.79 Å². The second-order valence-corrected chi connectivity index (χ2v) is 5.41. The first-order chi connectivity index (χ1) is 10.5. The number of nitrogens with zero attached hydrogens (tertiary/aromatic N) is 1. The Bertz CT molecular complexity index is 484. The summed E-state index contributed by atoms with van der Waals surface area (Å²) in [6, 6.07) is 7.47. The number of hydrogen-bond donors (Lipinski definition) is 2. The summed E-state index contributed by atoms with van der Waals surface area (Å²) in [7, 11) is 1.61. The summed E-state index contributed by atoms with van der Waals surface area (Å²) in [4.78, 5) is 16.6. The van der Waals surface area contributed by atoms with Crippen LogP contribution in [0.25, 0.3) is 0 Å². The van der Waals surface area contributed by atoms with E-state index in [-0.39, 0.29) is 12.5 Å². The SMILES string of the molecule is COc1ccc(CNC(=O)CO/N=C(\N)CCC(C)C)cc1. The second kappa shape index (κ2) is 9.65. The van der Waals surface area contributed by atoms with Gasteiger partial charge >= 0.3 is 0 Å². The molecule has 1 aromatic carbocycles. The van der Waals surface area contributed by atoms with Crippen molar-refractivity contribution in [2.24, 2.45) is 16.8 Å². The lowest BCUT2D eigenvalue weighted by atomic mass is 10.1. The van der Waals surface area contributed by atoms with E-state index in [9.17, 15) is 4.79 Å². The highest BCUT2D eigenvalue weighted by molar-refractivity contribution is 5.80. The first-order valence-electron chi connectivity index (χ1n) is 7.35. The van der Waals surface area contributed by atoms with Gasteiger partial charge in [0.05, 0.1) is 7.11 Å². The normalized spacial score (nSPS) is 11.4. The van der Waals surface area contributed by atoms with Crippen LogP contribution in [0.1, 0.15) is 32.3 Å². The standard InChI is InChI=1S/C16H25N3O3/c1-12(2)4-9-15(17)19-22-11-16(20)18-10-13-5-7-14(21-3)8-6-13/h5-8,12H,4,9-11H2,1-3H3,(H2,17,19)(H,18,20). The molecule has 1 amide bonds. The van der Waals surface area contributed by atoms with Crippen LogP contribution in [-0.2, 0) is 16.2 Å². The molecule has 3 N–H and O–H groups in total. The first kappa shape index (κ1) is 17.8. The van der Waals surface area contributed by atoms with Gasteiger partial charge in [-0.15, -0.1) is 0 Å². The summed E-state index contributed by atoms with van der Waals surface area (Å²) >= 11 is 0. The molecule has 0 aliphatic carbocycles. The first-order valence-corrected chi connectivity index (χ1v) is 7.35. The van der Waals surface area contributed by atoms with E-state index in [4.69, 9.17) is 15.3 Å². The van der Waals surface area contributed by atoms with Gasteiger partial charge in [0.1, 0.15) is 11.6 Å². The third kappa shape index (κ3) is 7.52. The molecule has 0 saturated carbocycles. The van der Waals surface area contributed by atoms with Crippen molar-refractivity contribution in [2.75, 3.05) is 13.7 Å². The number of ether oxygens (including phenoxy) is 1. The van der Waals surface area contributed by atoms with E-state index in [0.717, 1.165) is 17.7 Å². The molecular weight excluding hydrogens is 282 g/mol. The smallest absolute Gasteiger partial charge is 0.261 e. The minimum atomic E-state index is -0.240. The molecule has 0 heterocycles. The summed E-state index contributed by atoms with van der Waals surface area (Å²) in [5.41, 5.74) is 6.66. The summed E-state index contributed by atoms with van der Waals surface area (Å²) in [5.74, 6) is 1.51. The zero-order valence-corrected chi connectivity index (χ0v) is 13.5. The molecule has 0 atom stereocenters. The number of hydrogen-bond acceptors (Lipinski definition) is 4. The van der Waals surface area contributed by atoms with Crippen LogP contribution in [0, 0.1) is 5.92 Å². The Labute approximate surface area is 131 Å². The van der Waals surface area contributed by atoms with Gasteiger partial charge < -0.3 is 20.6 Å². The van der Waals surface area contributed by atoms with E-state index >= 15 is 0 Å². The second-order valence-electron chi connectivity index (χ2n) is 5.41. The highest BCUT2D eigenvalue weighted by atomic mass is 16.6. The molecule has 1 rings (SSSR count). The highest BCUT2D eigenvalue weighted by Crippen LogP contribution is 2.10. The molecule has 0 fully saturated rings. The van der Waals surface area contributed by atoms with Crippen LogP contribution in [0.4, 0.5) is 0 Å². The van der Waals surface area contributed by atoms with Crippen LogP contribution in [0.2, 0.25) is 0 Å². The Morgan fingerprint density at radius 3 is 2.59 bits per heavy atom. The van der Waals surface area contributed by atoms with E-state index < -0.39 is 0 Å². The molecule has 0 saturated heterocycles. The van der Waals surface area contributed by atoms with Gasteiger partial charge in [0, 0.05) is 13.0 Å². The third-order valence-corrected chi connectivity index (χ3v) is 3.00. The van der Waals surface area contributed by atoms with Gasteiger partial charge in [-0.25, -0.2) is 0 Å². The van der Waals surface area contributed by atoms with E-state index in [0.29, 0.717) is 24.7 Å². The number of carbonyl (C=O) groups excluding carboxylic acids is 1. The Balaban J connectivity index is 2.24. The van der Waals surface area contributed by atoms with Crippen molar-refractivity contribution in [1.29, 1.82) is 0 Å². The van der Waals surface area contributed by atoms with Gasteiger partial charge in [0.25, 0.3) is 5.91 Å². The average Bonchev–Trinajstić information content (AvgIpc) is 2.51. The molecule has 0 aliphatic rings. The number of amidine groups is 1. The number of rotatable bonds is 9. The minimum Gasteiger partial charge on any atom is -0.497 e. The number of oxime groups is 1. The number of nitrogens with two attached hydrogens (primary N) is 1. The molecule has 0 bridgehead atoms. The van der Waals surface area contributed by atoms with Crippen LogP contribution in [0.3, 0.4) is 0 Å². The molecule has 0 spiro atoms. The Kier molecular flexibility index (Phi) is 7.81. The van der Waals surface area contributed by atoms with Gasteiger partial charge in [-0.1, -0.05) is 31.1 Å². The number of methoxy groups -OCH3 is 1. The van der Waals surface area contributed by atoms with Crippen LogP contribution in [0.15, 0.2) is 29.4 Å². The molecule has 22 heavy (non-hydrogen) atoms. The largest absolute Gasteiger partial charge is 0.497 e. The number of amides is 1. The van der Waals surface area contributed by atoms with Crippen molar-refractivity contribution in [3.05, 3.63) is 29.8 Å². The topological polar surface area (TPSA) is 85.9 Å². The van der Waals surface area contributed by atoms with Crippen LogP contribution in [0.5, 0.6) is 5.75 Å². The summed E-state index contributed by atoms with van der Waals surface area (Å²) in [6.07, 6.45) is 1.62. The fourth-order valence-corrected chi connectivity index (χ4v) is 1.65. The van der Waals surface area contributed by atoms with E-state index in [1.54, 1.807) is 7.11 Å². The predicted molar refractivity (Wildman–Crippen MR) is 86.5 cm³/mol. The lowest BCUT2D eigenvalue weighted by Gasteiger charge is -2.06. The lowest BCUT2D eigenvalue weighted by Crippen LogP contribution is -2.26. The van der Waals surface area contributed by atoms with E-state index in [1.165, 1.54) is 0 Å². The Morgan fingerprint density at radius 2 is 2.00 bits per heavy atom. The van der Waals surface area contributed by atoms with Crippen LogP contribution < -0.4 is 15.8 Å². The lowest BCUT2D eigenvalue weighted by molar-refractivity contribution is -0.125. The molecule has 6 heteroatoms. The predicted octanol–water partition coefficient (Wildman–Crippen LogP) is 2.04. The molecule has 122 valence electrons. The van der Waals surface area contributed by atoms with Crippen molar-refractivity contribution in [3.8, 4) is 5.75 Å². The Morgan fingerprint density at radius 1 is 1.32 bits per heavy atom. The molecular formula is C16H25N3O3. The highest BCUT2D eigenvalue weighted by Gasteiger charge is 2.03. The Hall–Kier alpha value is -2.24. The zero-order valence-electron chi connectivity index (χ0n) is 13.5. The van der Waals surface area contributed by atoms with Crippen molar-refractivity contribution in [2.45, 2.75) is 33.2 Å². The maximum Gasteiger partial charge on any atom is 0.261 e. The maximum absolute atomic E-state index is 11.6. The fraction of sp³-hybridized carbons (Fsp3) is 0.500. The number of carbonyl (C=O) groups is 1. The van der Waals surface area contributed by atoms with Crippen molar-refractivity contribution < 1.29 is 14.4 Å². The monoisotopic (exact) mass is 307 g/mol.